The van der Waals surface area contributed by atoms with Crippen molar-refractivity contribution in [2.75, 3.05) is 13.7 Å². The highest BCUT2D eigenvalue weighted by molar-refractivity contribution is 7.11. The molecule has 0 unspecified atom stereocenters. The van der Waals surface area contributed by atoms with Gasteiger partial charge in [-0.05, 0) is 39.7 Å². The molecule has 1 saturated carbocycles. The zero-order valence-corrected chi connectivity index (χ0v) is 13.4. The first kappa shape index (κ1) is 14.9. The number of nitrogens with one attached hydrogen (secondary N) is 1. The lowest BCUT2D eigenvalue weighted by atomic mass is 9.98. The molecule has 1 aliphatic carbocycles. The Balaban J connectivity index is 2.34. The quantitative estimate of drug-likeness (QED) is 0.787. The molecule has 0 aliphatic heterocycles. The molecule has 19 heavy (non-hydrogen) atoms. The Bertz CT molecular complexity index is 408. The molecule has 3 nitrogen and oxygen atoms in total. The van der Waals surface area contributed by atoms with Crippen molar-refractivity contribution >= 4 is 11.3 Å². The SMILES string of the molecule is CCOC(CC)(CC)c1nc(C2CC2)c(CNC)s1. The average molecular weight is 282 g/mol. The molecule has 108 valence electrons. The molecular formula is C15H26N2OS. The summed E-state index contributed by atoms with van der Waals surface area (Å²) in [4.78, 5) is 6.39. The second kappa shape index (κ2) is 6.33. The van der Waals surface area contributed by atoms with Crippen LogP contribution >= 0.6 is 11.3 Å². The Hall–Kier alpha value is -0.450. The van der Waals surface area contributed by atoms with E-state index in [-0.39, 0.29) is 5.60 Å². The summed E-state index contributed by atoms with van der Waals surface area (Å²) in [5, 5.41) is 4.46. The summed E-state index contributed by atoms with van der Waals surface area (Å²) in [6.07, 6.45) is 4.60. The second-order valence-electron chi connectivity index (χ2n) is 5.27. The standard InChI is InChI=1S/C15H26N2OS/c1-5-15(6-2,18-7-3)14-17-13(11-8-9-11)12(19-14)10-16-4/h11,16H,5-10H2,1-4H3. The Morgan fingerprint density at radius 3 is 2.47 bits per heavy atom. The maximum atomic E-state index is 6.09. The summed E-state index contributed by atoms with van der Waals surface area (Å²) in [6, 6.07) is 0. The van der Waals surface area contributed by atoms with Gasteiger partial charge in [0, 0.05) is 23.9 Å². The molecule has 1 aromatic rings. The minimum absolute atomic E-state index is 0.172. The van der Waals surface area contributed by atoms with E-state index in [1.807, 2.05) is 18.4 Å². The van der Waals surface area contributed by atoms with Gasteiger partial charge in [0.1, 0.15) is 10.6 Å². The van der Waals surface area contributed by atoms with E-state index in [9.17, 15) is 0 Å². The van der Waals surface area contributed by atoms with Gasteiger partial charge in [0.2, 0.25) is 0 Å². The van der Waals surface area contributed by atoms with E-state index in [0.717, 1.165) is 26.0 Å². The number of hydrogen-bond acceptors (Lipinski definition) is 4. The number of thiazole rings is 1. The molecular weight excluding hydrogens is 256 g/mol. The van der Waals surface area contributed by atoms with Gasteiger partial charge in [0.25, 0.3) is 0 Å². The highest BCUT2D eigenvalue weighted by Gasteiger charge is 2.36. The van der Waals surface area contributed by atoms with Gasteiger partial charge >= 0.3 is 0 Å². The number of hydrogen-bond donors (Lipinski definition) is 1. The van der Waals surface area contributed by atoms with Crippen LogP contribution in [0.1, 0.15) is 68.0 Å². The van der Waals surface area contributed by atoms with Crippen LogP contribution in [0.2, 0.25) is 0 Å². The van der Waals surface area contributed by atoms with Crippen molar-refractivity contribution in [1.82, 2.24) is 10.3 Å². The Labute approximate surface area is 120 Å². The van der Waals surface area contributed by atoms with Crippen molar-refractivity contribution in [3.05, 3.63) is 15.6 Å². The van der Waals surface area contributed by atoms with E-state index in [2.05, 4.69) is 26.1 Å². The van der Waals surface area contributed by atoms with Crippen LogP contribution in [0.3, 0.4) is 0 Å². The van der Waals surface area contributed by atoms with E-state index >= 15 is 0 Å². The van der Waals surface area contributed by atoms with E-state index < -0.39 is 0 Å². The average Bonchev–Trinajstić information content (AvgIpc) is 3.18. The third-order valence-corrected chi connectivity index (χ3v) is 5.24. The molecule has 1 heterocycles. The van der Waals surface area contributed by atoms with Crippen LogP contribution < -0.4 is 5.32 Å². The van der Waals surface area contributed by atoms with Crippen LogP contribution in [0.4, 0.5) is 0 Å². The summed E-state index contributed by atoms with van der Waals surface area (Å²) in [5.74, 6) is 0.710. The van der Waals surface area contributed by atoms with Crippen molar-refractivity contribution in [2.24, 2.45) is 0 Å². The first-order valence-electron chi connectivity index (χ1n) is 7.49. The molecule has 0 bridgehead atoms. The summed E-state index contributed by atoms with van der Waals surface area (Å²) in [6.45, 7) is 8.16. The number of rotatable bonds is 8. The predicted molar refractivity (Wildman–Crippen MR) is 80.7 cm³/mol. The third-order valence-electron chi connectivity index (χ3n) is 3.98. The first-order valence-corrected chi connectivity index (χ1v) is 8.31. The van der Waals surface area contributed by atoms with Crippen molar-refractivity contribution in [3.8, 4) is 0 Å². The Morgan fingerprint density at radius 1 is 1.32 bits per heavy atom. The lowest BCUT2D eigenvalue weighted by molar-refractivity contribution is -0.0507. The largest absolute Gasteiger partial charge is 0.368 e. The minimum atomic E-state index is -0.172. The molecule has 0 radical (unpaired) electrons. The van der Waals surface area contributed by atoms with Gasteiger partial charge in [-0.25, -0.2) is 4.98 Å². The van der Waals surface area contributed by atoms with Crippen LogP contribution in [0.15, 0.2) is 0 Å². The van der Waals surface area contributed by atoms with Gasteiger partial charge < -0.3 is 10.1 Å². The minimum Gasteiger partial charge on any atom is -0.368 e. The molecule has 1 fully saturated rings. The van der Waals surface area contributed by atoms with Crippen molar-refractivity contribution in [1.29, 1.82) is 0 Å². The Morgan fingerprint density at radius 2 is 2.00 bits per heavy atom. The van der Waals surface area contributed by atoms with Crippen molar-refractivity contribution in [2.45, 2.75) is 64.5 Å². The monoisotopic (exact) mass is 282 g/mol. The van der Waals surface area contributed by atoms with Crippen molar-refractivity contribution < 1.29 is 4.74 Å². The number of aromatic nitrogens is 1. The summed E-state index contributed by atoms with van der Waals surface area (Å²) < 4.78 is 6.09. The first-order chi connectivity index (χ1) is 9.20. The fourth-order valence-electron chi connectivity index (χ4n) is 2.62. The van der Waals surface area contributed by atoms with Crippen LogP contribution in [0.5, 0.6) is 0 Å². The van der Waals surface area contributed by atoms with Crippen molar-refractivity contribution in [3.63, 3.8) is 0 Å². The van der Waals surface area contributed by atoms with Gasteiger partial charge in [0.15, 0.2) is 0 Å². The van der Waals surface area contributed by atoms with E-state index in [1.54, 1.807) is 0 Å². The molecule has 0 amide bonds. The smallest absolute Gasteiger partial charge is 0.125 e. The van der Waals surface area contributed by atoms with E-state index in [0.29, 0.717) is 5.92 Å². The fraction of sp³-hybridized carbons (Fsp3) is 0.800. The molecule has 0 spiro atoms. The summed E-state index contributed by atoms with van der Waals surface area (Å²) in [5.41, 5.74) is 1.16. The van der Waals surface area contributed by atoms with E-state index in [1.165, 1.54) is 28.4 Å². The molecule has 0 aromatic carbocycles. The predicted octanol–water partition coefficient (Wildman–Crippen LogP) is 3.79. The lowest BCUT2D eigenvalue weighted by Gasteiger charge is -2.29. The summed E-state index contributed by atoms with van der Waals surface area (Å²) >= 11 is 1.85. The second-order valence-corrected chi connectivity index (χ2v) is 6.35. The van der Waals surface area contributed by atoms with E-state index in [4.69, 9.17) is 9.72 Å². The maximum Gasteiger partial charge on any atom is 0.125 e. The normalized spacial score (nSPS) is 16.0. The maximum absolute atomic E-state index is 6.09. The fourth-order valence-corrected chi connectivity index (χ4v) is 4.06. The van der Waals surface area contributed by atoms with Gasteiger partial charge in [0.05, 0.1) is 5.69 Å². The molecule has 0 atom stereocenters. The molecule has 0 saturated heterocycles. The molecule has 1 aliphatic rings. The zero-order chi connectivity index (χ0) is 13.9. The van der Waals surface area contributed by atoms with Gasteiger partial charge in [-0.3, -0.25) is 0 Å². The summed E-state index contributed by atoms with van der Waals surface area (Å²) in [7, 11) is 2.01. The molecule has 2 rings (SSSR count). The highest BCUT2D eigenvalue weighted by atomic mass is 32.1. The topological polar surface area (TPSA) is 34.1 Å². The van der Waals surface area contributed by atoms with Gasteiger partial charge in [-0.1, -0.05) is 13.8 Å². The van der Waals surface area contributed by atoms with Crippen LogP contribution in [0.25, 0.3) is 0 Å². The van der Waals surface area contributed by atoms with Gasteiger partial charge in [-0.2, -0.15) is 0 Å². The molecule has 4 heteroatoms. The van der Waals surface area contributed by atoms with Gasteiger partial charge in [-0.15, -0.1) is 11.3 Å². The van der Waals surface area contributed by atoms with Crippen LogP contribution in [0, 0.1) is 0 Å². The highest BCUT2D eigenvalue weighted by Crippen LogP contribution is 2.45. The zero-order valence-electron chi connectivity index (χ0n) is 12.6. The molecule has 1 N–H and O–H groups in total. The Kier molecular flexibility index (Phi) is 4.98. The third kappa shape index (κ3) is 3.01. The lowest BCUT2D eigenvalue weighted by Crippen LogP contribution is -2.28. The number of nitrogens with zero attached hydrogens (tertiary/aromatic N) is 1. The van der Waals surface area contributed by atoms with Crippen LogP contribution in [-0.4, -0.2) is 18.6 Å². The molecule has 1 aromatic heterocycles. The number of ether oxygens (including phenoxy) is 1. The van der Waals surface area contributed by atoms with Crippen LogP contribution in [-0.2, 0) is 16.9 Å².